The number of unbranched alkanes of at least 4 members (excludes halogenated alkanes) is 34. The van der Waals surface area contributed by atoms with Crippen LogP contribution in [-0.2, 0) is 18.4 Å². The Balaban J connectivity index is 3.94. The first-order chi connectivity index (χ1) is 31.5. The standard InChI is InChI=1S/C56H109N2O6P/c1-6-8-10-12-14-16-18-19-20-21-22-23-24-25-26-27-28-29-30-31-32-33-34-35-36-37-38-39-40-42-44-46-48-50-56(60)57-54(53-64-65(61,62)63-52-51-58(3,4)5)55(59)49-47-45-43-41-17-15-13-11-9-7-2/h17,25-26,41,47,49,54-55,59H,6-16,18-24,27-40,42-46,48,50-53H2,1-5H3,(H-,57,60,61,62)/p+1/b26-25-,41-17+,49-47+. The van der Waals surface area contributed by atoms with Gasteiger partial charge in [-0.3, -0.25) is 13.8 Å². The fourth-order valence-corrected chi connectivity index (χ4v) is 8.91. The van der Waals surface area contributed by atoms with Gasteiger partial charge in [-0.05, 0) is 57.8 Å². The number of phosphoric ester groups is 1. The van der Waals surface area contributed by atoms with Crippen molar-refractivity contribution in [2.75, 3.05) is 40.9 Å². The maximum atomic E-state index is 12.9. The van der Waals surface area contributed by atoms with Crippen molar-refractivity contribution in [1.29, 1.82) is 0 Å². The Morgan fingerprint density at radius 1 is 0.508 bits per heavy atom. The molecule has 0 radical (unpaired) electrons. The highest BCUT2D eigenvalue weighted by Gasteiger charge is 2.27. The molecule has 3 atom stereocenters. The van der Waals surface area contributed by atoms with E-state index < -0.39 is 20.0 Å². The first-order valence-corrected chi connectivity index (χ1v) is 29.4. The molecule has 0 aromatic heterocycles. The lowest BCUT2D eigenvalue weighted by molar-refractivity contribution is -0.870. The maximum Gasteiger partial charge on any atom is 0.472 e. The average molecular weight is 938 g/mol. The van der Waals surface area contributed by atoms with Crippen LogP contribution in [0.3, 0.4) is 0 Å². The van der Waals surface area contributed by atoms with Gasteiger partial charge >= 0.3 is 7.82 Å². The number of hydrogen-bond donors (Lipinski definition) is 3. The van der Waals surface area contributed by atoms with Gasteiger partial charge in [0.2, 0.25) is 5.91 Å². The Bertz CT molecular complexity index is 1150. The Hall–Kier alpha value is -1.28. The number of nitrogens with zero attached hydrogens (tertiary/aromatic N) is 1. The van der Waals surface area contributed by atoms with Crippen LogP contribution in [-0.4, -0.2) is 73.4 Å². The SMILES string of the molecule is CCCCCC/C=C/CC/C=C/C(O)C(COP(=O)(O)OCC[N+](C)(C)C)NC(=O)CCCCCCCCCCCCCCCCCCC/C=C\CCCCCCCCCCCCCC. The summed E-state index contributed by atoms with van der Waals surface area (Å²) in [5, 5.41) is 13.8. The summed E-state index contributed by atoms with van der Waals surface area (Å²) >= 11 is 0. The minimum Gasteiger partial charge on any atom is -0.387 e. The van der Waals surface area contributed by atoms with Crippen molar-refractivity contribution in [2.45, 2.75) is 276 Å². The first kappa shape index (κ1) is 63.7. The lowest BCUT2D eigenvalue weighted by atomic mass is 10.0. The van der Waals surface area contributed by atoms with Gasteiger partial charge in [-0.25, -0.2) is 4.57 Å². The summed E-state index contributed by atoms with van der Waals surface area (Å²) in [6, 6.07) is -0.860. The van der Waals surface area contributed by atoms with E-state index in [0.717, 1.165) is 38.5 Å². The molecule has 0 saturated heterocycles. The van der Waals surface area contributed by atoms with Crippen molar-refractivity contribution in [3.8, 4) is 0 Å². The van der Waals surface area contributed by atoms with E-state index in [1.807, 2.05) is 27.2 Å². The zero-order valence-corrected chi connectivity index (χ0v) is 44.6. The first-order valence-electron chi connectivity index (χ1n) is 27.9. The molecule has 0 spiro atoms. The summed E-state index contributed by atoms with van der Waals surface area (Å²) in [7, 11) is 1.56. The van der Waals surface area contributed by atoms with Crippen LogP contribution in [0.25, 0.3) is 0 Å². The van der Waals surface area contributed by atoms with E-state index in [0.29, 0.717) is 17.4 Å². The lowest BCUT2D eigenvalue weighted by Gasteiger charge is -2.25. The molecule has 0 aliphatic heterocycles. The minimum atomic E-state index is -4.34. The molecule has 0 aliphatic rings. The second kappa shape index (κ2) is 47.8. The molecule has 0 rings (SSSR count). The van der Waals surface area contributed by atoms with Crippen molar-refractivity contribution < 1.29 is 32.9 Å². The minimum absolute atomic E-state index is 0.0569. The number of hydrogen-bond acceptors (Lipinski definition) is 5. The third-order valence-corrected chi connectivity index (χ3v) is 13.6. The Morgan fingerprint density at radius 2 is 0.846 bits per heavy atom. The van der Waals surface area contributed by atoms with Gasteiger partial charge in [-0.15, -0.1) is 0 Å². The number of rotatable bonds is 51. The molecule has 8 nitrogen and oxygen atoms in total. The van der Waals surface area contributed by atoms with E-state index in [9.17, 15) is 19.4 Å². The molecule has 3 N–H and O–H groups in total. The predicted octanol–water partition coefficient (Wildman–Crippen LogP) is 16.6. The zero-order chi connectivity index (χ0) is 47.8. The van der Waals surface area contributed by atoms with Crippen LogP contribution < -0.4 is 5.32 Å². The summed E-state index contributed by atoms with van der Waals surface area (Å²) in [6.45, 7) is 4.77. The number of phosphoric acid groups is 1. The largest absolute Gasteiger partial charge is 0.472 e. The summed E-state index contributed by atoms with van der Waals surface area (Å²) in [6.07, 6.45) is 61.3. The number of allylic oxidation sites excluding steroid dienone is 5. The zero-order valence-electron chi connectivity index (χ0n) is 43.7. The van der Waals surface area contributed by atoms with Gasteiger partial charge in [0.1, 0.15) is 13.2 Å². The normalized spacial score (nSPS) is 14.3. The number of likely N-dealkylation sites (N-methyl/N-ethyl adjacent to an activating group) is 1. The fraction of sp³-hybridized carbons (Fsp3) is 0.875. The van der Waals surface area contributed by atoms with Crippen LogP contribution in [0.5, 0.6) is 0 Å². The average Bonchev–Trinajstić information content (AvgIpc) is 3.26. The molecule has 3 unspecified atom stereocenters. The second-order valence-corrected chi connectivity index (χ2v) is 21.8. The van der Waals surface area contributed by atoms with Crippen LogP contribution in [0, 0.1) is 0 Å². The number of aliphatic hydroxyl groups excluding tert-OH is 1. The van der Waals surface area contributed by atoms with Crippen molar-refractivity contribution in [1.82, 2.24) is 5.32 Å². The summed E-state index contributed by atoms with van der Waals surface area (Å²) in [5.41, 5.74) is 0. The van der Waals surface area contributed by atoms with Crippen molar-refractivity contribution in [3.63, 3.8) is 0 Å². The molecular weight excluding hydrogens is 828 g/mol. The number of aliphatic hydroxyl groups is 1. The fourth-order valence-electron chi connectivity index (χ4n) is 8.17. The molecule has 9 heteroatoms. The van der Waals surface area contributed by atoms with Gasteiger partial charge in [0.15, 0.2) is 0 Å². The smallest absolute Gasteiger partial charge is 0.387 e. The second-order valence-electron chi connectivity index (χ2n) is 20.3. The quantitative estimate of drug-likeness (QED) is 0.0243. The van der Waals surface area contributed by atoms with Crippen LogP contribution in [0.2, 0.25) is 0 Å². The molecule has 0 bridgehead atoms. The molecule has 0 heterocycles. The van der Waals surface area contributed by atoms with Gasteiger partial charge in [0.25, 0.3) is 0 Å². The van der Waals surface area contributed by atoms with Gasteiger partial charge in [0, 0.05) is 6.42 Å². The van der Waals surface area contributed by atoms with Gasteiger partial charge in [0.05, 0.1) is 39.9 Å². The topological polar surface area (TPSA) is 105 Å². The van der Waals surface area contributed by atoms with E-state index in [2.05, 4.69) is 43.5 Å². The van der Waals surface area contributed by atoms with Crippen molar-refractivity contribution in [3.05, 3.63) is 36.5 Å². The van der Waals surface area contributed by atoms with E-state index in [-0.39, 0.29) is 19.1 Å². The van der Waals surface area contributed by atoms with E-state index in [1.165, 1.54) is 205 Å². The molecule has 0 aromatic carbocycles. The highest BCUT2D eigenvalue weighted by molar-refractivity contribution is 7.47. The summed E-state index contributed by atoms with van der Waals surface area (Å²) < 4.78 is 23.6. The molecule has 0 aromatic rings. The van der Waals surface area contributed by atoms with Crippen LogP contribution in [0.15, 0.2) is 36.5 Å². The molecule has 0 aliphatic carbocycles. The van der Waals surface area contributed by atoms with Crippen LogP contribution in [0.4, 0.5) is 0 Å². The number of carbonyl (C=O) groups is 1. The number of amides is 1. The third-order valence-electron chi connectivity index (χ3n) is 12.6. The molecule has 0 fully saturated rings. The lowest BCUT2D eigenvalue weighted by Crippen LogP contribution is -2.45. The van der Waals surface area contributed by atoms with Crippen molar-refractivity contribution >= 4 is 13.7 Å². The van der Waals surface area contributed by atoms with Crippen molar-refractivity contribution in [2.24, 2.45) is 0 Å². The number of carbonyl (C=O) groups excluding carboxylic acids is 1. The van der Waals surface area contributed by atoms with Gasteiger partial charge < -0.3 is 19.8 Å². The Kier molecular flexibility index (Phi) is 46.8. The third kappa shape index (κ3) is 50.4. The number of quaternary nitrogens is 1. The molecule has 65 heavy (non-hydrogen) atoms. The van der Waals surface area contributed by atoms with E-state index >= 15 is 0 Å². The van der Waals surface area contributed by atoms with E-state index in [1.54, 1.807) is 6.08 Å². The molecule has 0 saturated carbocycles. The summed E-state index contributed by atoms with van der Waals surface area (Å²) in [4.78, 5) is 23.2. The molecule has 384 valence electrons. The Labute approximate surface area is 404 Å². The van der Waals surface area contributed by atoms with Gasteiger partial charge in [-0.2, -0.15) is 0 Å². The number of nitrogens with one attached hydrogen (secondary N) is 1. The molecular formula is C56H110N2O6P+. The highest BCUT2D eigenvalue weighted by Crippen LogP contribution is 2.43. The molecule has 1 amide bonds. The monoisotopic (exact) mass is 938 g/mol. The van der Waals surface area contributed by atoms with Crippen LogP contribution in [0.1, 0.15) is 264 Å². The van der Waals surface area contributed by atoms with Crippen LogP contribution >= 0.6 is 7.82 Å². The maximum absolute atomic E-state index is 12.9. The summed E-state index contributed by atoms with van der Waals surface area (Å²) in [5.74, 6) is -0.186. The van der Waals surface area contributed by atoms with Gasteiger partial charge in [-0.1, -0.05) is 237 Å². The predicted molar refractivity (Wildman–Crippen MR) is 281 cm³/mol. The highest BCUT2D eigenvalue weighted by atomic mass is 31.2. The van der Waals surface area contributed by atoms with E-state index in [4.69, 9.17) is 9.05 Å². The Morgan fingerprint density at radius 3 is 1.25 bits per heavy atom.